The number of esters is 1. The van der Waals surface area contributed by atoms with Gasteiger partial charge in [-0.1, -0.05) is 0 Å². The van der Waals surface area contributed by atoms with Gasteiger partial charge in [0.15, 0.2) is 5.78 Å². The summed E-state index contributed by atoms with van der Waals surface area (Å²) in [6.07, 6.45) is 3.43. The molecule has 6 nitrogen and oxygen atoms in total. The highest BCUT2D eigenvalue weighted by Gasteiger charge is 2.36. The summed E-state index contributed by atoms with van der Waals surface area (Å²) < 4.78 is 16.6. The zero-order valence-corrected chi connectivity index (χ0v) is 15.6. The maximum Gasteiger partial charge on any atom is 0.305 e. The number of carbonyl (C=O) groups excluding carboxylic acids is 2. The summed E-state index contributed by atoms with van der Waals surface area (Å²) in [5.41, 5.74) is 0.0189. The van der Waals surface area contributed by atoms with Crippen LogP contribution in [0.3, 0.4) is 0 Å². The first-order chi connectivity index (χ1) is 12.5. The molecule has 1 unspecified atom stereocenters. The Labute approximate surface area is 154 Å². The molecule has 1 atom stereocenters. The van der Waals surface area contributed by atoms with Gasteiger partial charge in [0.1, 0.15) is 17.1 Å². The van der Waals surface area contributed by atoms with Crippen LogP contribution in [0.4, 0.5) is 0 Å². The first-order valence-electron chi connectivity index (χ1n) is 9.23. The van der Waals surface area contributed by atoms with E-state index in [1.165, 1.54) is 0 Å². The molecule has 0 spiro atoms. The smallest absolute Gasteiger partial charge is 0.305 e. The van der Waals surface area contributed by atoms with E-state index in [0.29, 0.717) is 62.4 Å². The molecule has 0 radical (unpaired) electrons. The number of aliphatic hydroxyl groups is 1. The van der Waals surface area contributed by atoms with E-state index in [2.05, 4.69) is 0 Å². The molecule has 26 heavy (non-hydrogen) atoms. The van der Waals surface area contributed by atoms with Crippen LogP contribution in [0.1, 0.15) is 62.7 Å². The number of hydrogen-bond donors (Lipinski definition) is 1. The van der Waals surface area contributed by atoms with Gasteiger partial charge in [-0.05, 0) is 51.7 Å². The van der Waals surface area contributed by atoms with Gasteiger partial charge in [0.05, 0.1) is 25.2 Å². The predicted molar refractivity (Wildman–Crippen MR) is 96.7 cm³/mol. The van der Waals surface area contributed by atoms with Crippen molar-refractivity contribution in [3.05, 3.63) is 23.8 Å². The fourth-order valence-electron chi connectivity index (χ4n) is 3.03. The van der Waals surface area contributed by atoms with Gasteiger partial charge in [-0.3, -0.25) is 9.59 Å². The van der Waals surface area contributed by atoms with Crippen LogP contribution in [-0.2, 0) is 9.53 Å². The number of fused-ring (bicyclic) bond motifs is 1. The average Bonchev–Trinajstić information content (AvgIpc) is 2.58. The first-order valence-corrected chi connectivity index (χ1v) is 9.23. The lowest BCUT2D eigenvalue weighted by atomic mass is 9.87. The monoisotopic (exact) mass is 364 g/mol. The molecular weight excluding hydrogens is 336 g/mol. The van der Waals surface area contributed by atoms with Crippen LogP contribution in [0.2, 0.25) is 0 Å². The lowest BCUT2D eigenvalue weighted by Crippen LogP contribution is -2.39. The van der Waals surface area contributed by atoms with Crippen LogP contribution < -0.4 is 9.47 Å². The molecule has 0 aliphatic carbocycles. The first kappa shape index (κ1) is 20.2. The van der Waals surface area contributed by atoms with Gasteiger partial charge in [0.25, 0.3) is 0 Å². The molecule has 144 valence electrons. The summed E-state index contributed by atoms with van der Waals surface area (Å²) in [4.78, 5) is 23.7. The summed E-state index contributed by atoms with van der Waals surface area (Å²) in [5, 5.41) is 8.94. The molecule has 0 saturated carbocycles. The highest BCUT2D eigenvalue weighted by Crippen LogP contribution is 2.38. The number of ketones is 1. The van der Waals surface area contributed by atoms with Crippen molar-refractivity contribution in [2.24, 2.45) is 0 Å². The summed E-state index contributed by atoms with van der Waals surface area (Å²) in [7, 11) is 0. The molecule has 1 aliphatic heterocycles. The van der Waals surface area contributed by atoms with Crippen molar-refractivity contribution in [3.63, 3.8) is 0 Å². The molecule has 6 heteroatoms. The Hall–Kier alpha value is -2.08. The van der Waals surface area contributed by atoms with Crippen molar-refractivity contribution in [2.75, 3.05) is 19.8 Å². The van der Waals surface area contributed by atoms with Crippen molar-refractivity contribution in [2.45, 2.75) is 58.0 Å². The number of aliphatic hydroxyl groups excluding tert-OH is 1. The van der Waals surface area contributed by atoms with Crippen LogP contribution in [0.15, 0.2) is 18.2 Å². The highest BCUT2D eigenvalue weighted by atomic mass is 16.5. The van der Waals surface area contributed by atoms with Gasteiger partial charge in [0, 0.05) is 19.1 Å². The Balaban J connectivity index is 1.94. The van der Waals surface area contributed by atoms with E-state index in [0.717, 1.165) is 6.42 Å². The number of unbranched alkanes of at least 4 members (excludes halogenated alkanes) is 1. The number of rotatable bonds is 10. The lowest BCUT2D eigenvalue weighted by molar-refractivity contribution is -0.143. The fraction of sp³-hybridized carbons (Fsp3) is 0.600. The van der Waals surface area contributed by atoms with E-state index < -0.39 is 5.60 Å². The van der Waals surface area contributed by atoms with Gasteiger partial charge >= 0.3 is 5.97 Å². The normalized spacial score (nSPS) is 18.8. The Morgan fingerprint density at radius 3 is 2.85 bits per heavy atom. The summed E-state index contributed by atoms with van der Waals surface area (Å²) in [6, 6.07) is 5.21. The van der Waals surface area contributed by atoms with Gasteiger partial charge in [-0.2, -0.15) is 0 Å². The Bertz CT molecular complexity index is 627. The maximum atomic E-state index is 12.4. The zero-order chi connectivity index (χ0) is 19.0. The van der Waals surface area contributed by atoms with E-state index in [4.69, 9.17) is 19.3 Å². The van der Waals surface area contributed by atoms with E-state index in [-0.39, 0.29) is 18.4 Å². The van der Waals surface area contributed by atoms with Crippen LogP contribution >= 0.6 is 0 Å². The number of carbonyl (C=O) groups is 2. The van der Waals surface area contributed by atoms with Gasteiger partial charge in [0.2, 0.25) is 0 Å². The number of benzene rings is 1. The van der Waals surface area contributed by atoms with Crippen molar-refractivity contribution in [3.8, 4) is 11.5 Å². The van der Waals surface area contributed by atoms with Crippen LogP contribution in [0, 0.1) is 0 Å². The molecule has 1 N–H and O–H groups in total. The Morgan fingerprint density at radius 1 is 1.31 bits per heavy atom. The summed E-state index contributed by atoms with van der Waals surface area (Å²) in [6.45, 7) is 4.62. The minimum absolute atomic E-state index is 0.0617. The molecule has 0 saturated heterocycles. The Kier molecular flexibility index (Phi) is 7.45. The number of hydrogen-bond acceptors (Lipinski definition) is 6. The largest absolute Gasteiger partial charge is 0.493 e. The molecule has 1 aliphatic rings. The SMILES string of the molecule is CCOC(=O)CCCOc1ccc2c(c1)OC(C)(CCCCO)CC2=O. The van der Waals surface area contributed by atoms with Gasteiger partial charge in [-0.15, -0.1) is 0 Å². The third-order valence-corrected chi connectivity index (χ3v) is 4.36. The van der Waals surface area contributed by atoms with Gasteiger partial charge < -0.3 is 19.3 Å². The third kappa shape index (κ3) is 5.73. The average molecular weight is 364 g/mol. The van der Waals surface area contributed by atoms with E-state index in [9.17, 15) is 9.59 Å². The molecule has 0 amide bonds. The van der Waals surface area contributed by atoms with E-state index in [1.54, 1.807) is 25.1 Å². The second-order valence-electron chi connectivity index (χ2n) is 6.75. The van der Waals surface area contributed by atoms with E-state index >= 15 is 0 Å². The molecule has 1 aromatic rings. The summed E-state index contributed by atoms with van der Waals surface area (Å²) in [5.74, 6) is 0.983. The standard InChI is InChI=1S/C20H28O6/c1-3-24-19(23)7-6-12-25-15-8-9-16-17(22)14-20(2,10-4-5-11-21)26-18(16)13-15/h8-9,13,21H,3-7,10-12,14H2,1-2H3. The van der Waals surface area contributed by atoms with Crippen molar-refractivity contribution in [1.29, 1.82) is 0 Å². The van der Waals surface area contributed by atoms with Gasteiger partial charge in [-0.25, -0.2) is 0 Å². The second kappa shape index (κ2) is 9.57. The minimum Gasteiger partial charge on any atom is -0.493 e. The maximum absolute atomic E-state index is 12.4. The van der Waals surface area contributed by atoms with Crippen molar-refractivity contribution >= 4 is 11.8 Å². The van der Waals surface area contributed by atoms with Crippen molar-refractivity contribution in [1.82, 2.24) is 0 Å². The molecule has 0 bridgehead atoms. The topological polar surface area (TPSA) is 82.1 Å². The molecule has 1 aromatic carbocycles. The number of Topliss-reactive ketones (excluding diaryl/α,β-unsaturated/α-hetero) is 1. The predicted octanol–water partition coefficient (Wildman–Crippen LogP) is 3.30. The van der Waals surface area contributed by atoms with Crippen LogP contribution in [0.25, 0.3) is 0 Å². The highest BCUT2D eigenvalue weighted by molar-refractivity contribution is 6.00. The van der Waals surface area contributed by atoms with Crippen LogP contribution in [-0.4, -0.2) is 42.3 Å². The van der Waals surface area contributed by atoms with Crippen molar-refractivity contribution < 1.29 is 28.9 Å². The lowest BCUT2D eigenvalue weighted by Gasteiger charge is -2.35. The van der Waals surface area contributed by atoms with Crippen LogP contribution in [0.5, 0.6) is 11.5 Å². The molecule has 2 rings (SSSR count). The fourth-order valence-corrected chi connectivity index (χ4v) is 3.03. The molecule has 1 heterocycles. The Morgan fingerprint density at radius 2 is 2.12 bits per heavy atom. The number of ether oxygens (including phenoxy) is 3. The zero-order valence-electron chi connectivity index (χ0n) is 15.6. The summed E-state index contributed by atoms with van der Waals surface area (Å²) >= 11 is 0. The van der Waals surface area contributed by atoms with E-state index in [1.807, 2.05) is 6.92 Å². The quantitative estimate of drug-likeness (QED) is 0.507. The molecular formula is C20H28O6. The minimum atomic E-state index is -0.554. The molecule has 0 aromatic heterocycles. The molecule has 0 fully saturated rings. The third-order valence-electron chi connectivity index (χ3n) is 4.36. The second-order valence-corrected chi connectivity index (χ2v) is 6.75.